The zero-order chi connectivity index (χ0) is 13.5. The summed E-state index contributed by atoms with van der Waals surface area (Å²) in [5.41, 5.74) is 1.43. The molecule has 4 nitrogen and oxygen atoms in total. The molecule has 1 aromatic carbocycles. The van der Waals surface area contributed by atoms with Crippen molar-refractivity contribution >= 4 is 5.91 Å². The van der Waals surface area contributed by atoms with Gasteiger partial charge in [0, 0.05) is 6.20 Å². The van der Waals surface area contributed by atoms with Crippen molar-refractivity contribution in [3.05, 3.63) is 66.0 Å². The number of aliphatic hydroxyl groups is 1. The number of benzene rings is 1. The molecule has 0 fully saturated rings. The highest BCUT2D eigenvalue weighted by Gasteiger charge is 2.14. The van der Waals surface area contributed by atoms with Crippen LogP contribution in [0.15, 0.2) is 54.7 Å². The molecule has 0 saturated heterocycles. The van der Waals surface area contributed by atoms with Crippen LogP contribution >= 0.6 is 0 Å². The van der Waals surface area contributed by atoms with Crippen LogP contribution in [0.5, 0.6) is 0 Å². The normalized spacial score (nSPS) is 11.8. The first kappa shape index (κ1) is 13.2. The maximum Gasteiger partial charge on any atom is 0.270 e. The molecule has 4 heteroatoms. The number of hydrogen-bond acceptors (Lipinski definition) is 3. The number of carbonyl (C=O) groups is 1. The lowest BCUT2D eigenvalue weighted by molar-refractivity contribution is 0.0911. The van der Waals surface area contributed by atoms with E-state index in [1.807, 2.05) is 30.3 Å². The lowest BCUT2D eigenvalue weighted by Gasteiger charge is -2.16. The van der Waals surface area contributed by atoms with Crippen LogP contribution in [0.1, 0.15) is 16.1 Å². The van der Waals surface area contributed by atoms with Crippen molar-refractivity contribution in [1.82, 2.24) is 10.3 Å². The standard InChI is InChI=1S/C15H16N2O2/c18-11-13(10-12-6-2-1-3-7-12)17-15(19)14-8-4-5-9-16-14/h1-9,13,18H,10-11H2,(H,17,19). The summed E-state index contributed by atoms with van der Waals surface area (Å²) in [5.74, 6) is -0.268. The van der Waals surface area contributed by atoms with Gasteiger partial charge in [0.1, 0.15) is 5.69 Å². The van der Waals surface area contributed by atoms with Gasteiger partial charge in [-0.3, -0.25) is 9.78 Å². The highest BCUT2D eigenvalue weighted by molar-refractivity contribution is 5.92. The fraction of sp³-hybridized carbons (Fsp3) is 0.200. The molecule has 19 heavy (non-hydrogen) atoms. The average Bonchev–Trinajstić information content (AvgIpc) is 2.48. The summed E-state index contributed by atoms with van der Waals surface area (Å²) >= 11 is 0. The van der Waals surface area contributed by atoms with Crippen LogP contribution in [0.25, 0.3) is 0 Å². The smallest absolute Gasteiger partial charge is 0.270 e. The third-order valence-electron chi connectivity index (χ3n) is 2.78. The minimum absolute atomic E-state index is 0.104. The second-order valence-electron chi connectivity index (χ2n) is 4.26. The van der Waals surface area contributed by atoms with Gasteiger partial charge in [-0.05, 0) is 24.1 Å². The fourth-order valence-corrected chi connectivity index (χ4v) is 1.82. The summed E-state index contributed by atoms with van der Waals surface area (Å²) in [6.45, 7) is -0.104. The monoisotopic (exact) mass is 256 g/mol. The Morgan fingerprint density at radius 3 is 2.53 bits per heavy atom. The SMILES string of the molecule is O=C(NC(CO)Cc1ccccc1)c1ccccn1. The number of aromatic nitrogens is 1. The summed E-state index contributed by atoms with van der Waals surface area (Å²) in [6, 6.07) is 14.6. The molecule has 1 heterocycles. The molecule has 1 unspecified atom stereocenters. The quantitative estimate of drug-likeness (QED) is 0.850. The fourth-order valence-electron chi connectivity index (χ4n) is 1.82. The molecule has 1 amide bonds. The van der Waals surface area contributed by atoms with E-state index in [0.717, 1.165) is 5.56 Å². The Bertz CT molecular complexity index is 514. The Morgan fingerprint density at radius 1 is 1.16 bits per heavy atom. The van der Waals surface area contributed by atoms with Crippen molar-refractivity contribution in [2.75, 3.05) is 6.61 Å². The molecule has 2 N–H and O–H groups in total. The molecule has 0 bridgehead atoms. The molecule has 0 radical (unpaired) electrons. The van der Waals surface area contributed by atoms with Crippen LogP contribution in [0.2, 0.25) is 0 Å². The summed E-state index contributed by atoms with van der Waals surface area (Å²) in [5, 5.41) is 12.1. The zero-order valence-corrected chi connectivity index (χ0v) is 10.5. The van der Waals surface area contributed by atoms with E-state index >= 15 is 0 Å². The van der Waals surface area contributed by atoms with Crippen molar-refractivity contribution in [2.24, 2.45) is 0 Å². The van der Waals surface area contributed by atoms with E-state index in [4.69, 9.17) is 0 Å². The molecule has 2 rings (SSSR count). The highest BCUT2D eigenvalue weighted by Crippen LogP contribution is 2.04. The largest absolute Gasteiger partial charge is 0.394 e. The first-order valence-corrected chi connectivity index (χ1v) is 6.16. The van der Waals surface area contributed by atoms with E-state index in [1.54, 1.807) is 24.4 Å². The van der Waals surface area contributed by atoms with Gasteiger partial charge in [-0.25, -0.2) is 0 Å². The summed E-state index contributed by atoms with van der Waals surface area (Å²) in [7, 11) is 0. The van der Waals surface area contributed by atoms with Gasteiger partial charge in [0.2, 0.25) is 0 Å². The van der Waals surface area contributed by atoms with Gasteiger partial charge in [-0.2, -0.15) is 0 Å². The van der Waals surface area contributed by atoms with Crippen molar-refractivity contribution in [2.45, 2.75) is 12.5 Å². The number of hydrogen-bond donors (Lipinski definition) is 2. The number of carbonyl (C=O) groups excluding carboxylic acids is 1. The van der Waals surface area contributed by atoms with Crippen LogP contribution < -0.4 is 5.32 Å². The minimum Gasteiger partial charge on any atom is -0.394 e. The Labute approximate surface area is 112 Å². The number of amides is 1. The molecule has 0 aliphatic rings. The maximum absolute atomic E-state index is 11.9. The van der Waals surface area contributed by atoms with Gasteiger partial charge < -0.3 is 10.4 Å². The molecule has 0 aliphatic carbocycles. The Hall–Kier alpha value is -2.20. The van der Waals surface area contributed by atoms with Gasteiger partial charge in [0.25, 0.3) is 5.91 Å². The molecule has 1 atom stereocenters. The van der Waals surface area contributed by atoms with Crippen LogP contribution in [-0.2, 0) is 6.42 Å². The van der Waals surface area contributed by atoms with E-state index in [2.05, 4.69) is 10.3 Å². The van der Waals surface area contributed by atoms with Crippen molar-refractivity contribution < 1.29 is 9.90 Å². The van der Waals surface area contributed by atoms with Gasteiger partial charge >= 0.3 is 0 Å². The lowest BCUT2D eigenvalue weighted by atomic mass is 10.1. The van der Waals surface area contributed by atoms with Gasteiger partial charge in [-0.15, -0.1) is 0 Å². The second kappa shape index (κ2) is 6.66. The first-order valence-electron chi connectivity index (χ1n) is 6.16. The maximum atomic E-state index is 11.9. The number of rotatable bonds is 5. The lowest BCUT2D eigenvalue weighted by Crippen LogP contribution is -2.39. The molecule has 0 aliphatic heterocycles. The van der Waals surface area contributed by atoms with Crippen molar-refractivity contribution in [3.63, 3.8) is 0 Å². The number of aliphatic hydroxyl groups excluding tert-OH is 1. The second-order valence-corrected chi connectivity index (χ2v) is 4.26. The topological polar surface area (TPSA) is 62.2 Å². The summed E-state index contributed by atoms with van der Waals surface area (Å²) in [4.78, 5) is 15.9. The van der Waals surface area contributed by atoms with E-state index < -0.39 is 0 Å². The van der Waals surface area contributed by atoms with Gasteiger partial charge in [0.15, 0.2) is 0 Å². The molecule has 98 valence electrons. The molecule has 1 aromatic heterocycles. The van der Waals surface area contributed by atoms with E-state index in [9.17, 15) is 9.90 Å². The van der Waals surface area contributed by atoms with Crippen LogP contribution in [0, 0.1) is 0 Å². The zero-order valence-electron chi connectivity index (χ0n) is 10.5. The van der Waals surface area contributed by atoms with Crippen LogP contribution in [0.4, 0.5) is 0 Å². The Kier molecular flexibility index (Phi) is 4.64. The average molecular weight is 256 g/mol. The molecule has 0 spiro atoms. The predicted molar refractivity (Wildman–Crippen MR) is 72.7 cm³/mol. The van der Waals surface area contributed by atoms with E-state index in [0.29, 0.717) is 12.1 Å². The Balaban J connectivity index is 1.98. The minimum atomic E-state index is -0.308. The van der Waals surface area contributed by atoms with E-state index in [-0.39, 0.29) is 18.6 Å². The van der Waals surface area contributed by atoms with Crippen LogP contribution in [0.3, 0.4) is 0 Å². The number of nitrogens with one attached hydrogen (secondary N) is 1. The van der Waals surface area contributed by atoms with Crippen molar-refractivity contribution in [3.8, 4) is 0 Å². The van der Waals surface area contributed by atoms with Gasteiger partial charge in [-0.1, -0.05) is 36.4 Å². The Morgan fingerprint density at radius 2 is 1.89 bits per heavy atom. The molecule has 0 saturated carbocycles. The van der Waals surface area contributed by atoms with Crippen LogP contribution in [-0.4, -0.2) is 28.6 Å². The number of pyridine rings is 1. The third-order valence-corrected chi connectivity index (χ3v) is 2.78. The molecular weight excluding hydrogens is 240 g/mol. The summed E-state index contributed by atoms with van der Waals surface area (Å²) in [6.07, 6.45) is 2.16. The number of nitrogens with zero attached hydrogens (tertiary/aromatic N) is 1. The molecule has 2 aromatic rings. The van der Waals surface area contributed by atoms with E-state index in [1.165, 1.54) is 0 Å². The molecular formula is C15H16N2O2. The predicted octanol–water partition coefficient (Wildman–Crippen LogP) is 1.41. The van der Waals surface area contributed by atoms with Crippen molar-refractivity contribution in [1.29, 1.82) is 0 Å². The highest BCUT2D eigenvalue weighted by atomic mass is 16.3. The summed E-state index contributed by atoms with van der Waals surface area (Å²) < 4.78 is 0. The first-order chi connectivity index (χ1) is 9.29. The third kappa shape index (κ3) is 3.89. The van der Waals surface area contributed by atoms with Gasteiger partial charge in [0.05, 0.1) is 12.6 Å².